The van der Waals surface area contributed by atoms with Gasteiger partial charge in [-0.1, -0.05) is 26.0 Å². The minimum Gasteiger partial charge on any atom is -0.394 e. The lowest BCUT2D eigenvalue weighted by molar-refractivity contribution is -0.136. The van der Waals surface area contributed by atoms with Gasteiger partial charge in [-0.05, 0) is 18.1 Å². The first kappa shape index (κ1) is 16.3. The Morgan fingerprint density at radius 2 is 1.90 bits per heavy atom. The van der Waals surface area contributed by atoms with Crippen molar-refractivity contribution in [2.24, 2.45) is 5.92 Å². The molecule has 0 saturated carbocycles. The molecule has 1 aromatic carbocycles. The number of urea groups is 1. The zero-order chi connectivity index (χ0) is 15.3. The molecular weight excluding hydrogens is 273 g/mol. The number of halogens is 3. The van der Waals surface area contributed by atoms with Crippen molar-refractivity contribution in [2.75, 3.05) is 11.9 Å². The second kappa shape index (κ2) is 6.60. The van der Waals surface area contributed by atoms with Gasteiger partial charge in [0.05, 0.1) is 23.9 Å². The van der Waals surface area contributed by atoms with E-state index in [2.05, 4.69) is 10.6 Å². The van der Waals surface area contributed by atoms with Crippen LogP contribution in [0.5, 0.6) is 0 Å². The number of rotatable bonds is 4. The monoisotopic (exact) mass is 290 g/mol. The largest absolute Gasteiger partial charge is 0.418 e. The quantitative estimate of drug-likeness (QED) is 0.798. The summed E-state index contributed by atoms with van der Waals surface area (Å²) >= 11 is 0. The average molecular weight is 290 g/mol. The lowest BCUT2D eigenvalue weighted by Crippen LogP contribution is -2.43. The van der Waals surface area contributed by atoms with E-state index in [0.717, 1.165) is 6.07 Å². The van der Waals surface area contributed by atoms with E-state index in [1.807, 2.05) is 0 Å². The summed E-state index contributed by atoms with van der Waals surface area (Å²) in [6.45, 7) is 3.28. The second-order valence-corrected chi connectivity index (χ2v) is 4.67. The SMILES string of the molecule is CC(C)C(CO)NC(=O)Nc1ccccc1C(F)(F)F. The number of alkyl halides is 3. The molecular formula is C13H17F3N2O2. The van der Waals surface area contributed by atoms with Gasteiger partial charge in [-0.2, -0.15) is 13.2 Å². The molecule has 0 heterocycles. The Balaban J connectivity index is 2.81. The van der Waals surface area contributed by atoms with Crippen molar-refractivity contribution >= 4 is 11.7 Å². The molecule has 20 heavy (non-hydrogen) atoms. The van der Waals surface area contributed by atoms with Gasteiger partial charge >= 0.3 is 12.2 Å². The Kier molecular flexibility index (Phi) is 5.38. The number of anilines is 1. The van der Waals surface area contributed by atoms with E-state index < -0.39 is 23.8 Å². The van der Waals surface area contributed by atoms with E-state index in [1.54, 1.807) is 13.8 Å². The first-order valence-corrected chi connectivity index (χ1v) is 6.10. The molecule has 0 spiro atoms. The van der Waals surface area contributed by atoms with Gasteiger partial charge in [0.1, 0.15) is 0 Å². The summed E-state index contributed by atoms with van der Waals surface area (Å²) in [6, 6.07) is 3.41. The van der Waals surface area contributed by atoms with Crippen LogP contribution in [0, 0.1) is 5.92 Å². The third kappa shape index (κ3) is 4.41. The number of carbonyl (C=O) groups excluding carboxylic acids is 1. The molecule has 4 nitrogen and oxygen atoms in total. The maximum atomic E-state index is 12.7. The van der Waals surface area contributed by atoms with E-state index in [4.69, 9.17) is 5.11 Å². The van der Waals surface area contributed by atoms with Gasteiger partial charge in [0.15, 0.2) is 0 Å². The first-order valence-electron chi connectivity index (χ1n) is 6.10. The lowest BCUT2D eigenvalue weighted by atomic mass is 10.1. The van der Waals surface area contributed by atoms with Crippen molar-refractivity contribution in [1.82, 2.24) is 5.32 Å². The minimum absolute atomic E-state index is 0.0383. The molecule has 3 N–H and O–H groups in total. The van der Waals surface area contributed by atoms with Gasteiger partial charge in [0, 0.05) is 0 Å². The Labute approximate surface area is 115 Å². The van der Waals surface area contributed by atoms with Crippen LogP contribution in [0.3, 0.4) is 0 Å². The van der Waals surface area contributed by atoms with Gasteiger partial charge in [0.25, 0.3) is 0 Å². The van der Waals surface area contributed by atoms with Gasteiger partial charge in [0.2, 0.25) is 0 Å². The molecule has 1 aromatic rings. The van der Waals surface area contributed by atoms with Crippen LogP contribution in [-0.2, 0) is 6.18 Å². The maximum Gasteiger partial charge on any atom is 0.418 e. The van der Waals surface area contributed by atoms with Crippen LogP contribution in [0.1, 0.15) is 19.4 Å². The number of hydrogen-bond acceptors (Lipinski definition) is 2. The standard InChI is InChI=1S/C13H17F3N2O2/c1-8(2)11(7-19)18-12(20)17-10-6-4-3-5-9(10)13(14,15)16/h3-6,8,11,19H,7H2,1-2H3,(H2,17,18,20). The molecule has 1 atom stereocenters. The van der Waals surface area contributed by atoms with E-state index in [0.29, 0.717) is 0 Å². The molecule has 0 aliphatic heterocycles. The highest BCUT2D eigenvalue weighted by Gasteiger charge is 2.33. The topological polar surface area (TPSA) is 61.4 Å². The highest BCUT2D eigenvalue weighted by Crippen LogP contribution is 2.34. The van der Waals surface area contributed by atoms with Gasteiger partial charge in [-0.3, -0.25) is 0 Å². The molecule has 2 amide bonds. The van der Waals surface area contributed by atoms with Crippen LogP contribution in [-0.4, -0.2) is 23.8 Å². The zero-order valence-electron chi connectivity index (χ0n) is 11.2. The van der Waals surface area contributed by atoms with Crippen LogP contribution in [0.15, 0.2) is 24.3 Å². The first-order chi connectivity index (χ1) is 9.25. The third-order valence-corrected chi connectivity index (χ3v) is 2.80. The van der Waals surface area contributed by atoms with Crippen molar-refractivity contribution in [3.05, 3.63) is 29.8 Å². The van der Waals surface area contributed by atoms with Crippen LogP contribution >= 0.6 is 0 Å². The third-order valence-electron chi connectivity index (χ3n) is 2.80. The zero-order valence-corrected chi connectivity index (χ0v) is 11.2. The number of benzene rings is 1. The van der Waals surface area contributed by atoms with Crippen LogP contribution < -0.4 is 10.6 Å². The van der Waals surface area contributed by atoms with E-state index >= 15 is 0 Å². The molecule has 7 heteroatoms. The summed E-state index contributed by atoms with van der Waals surface area (Å²) in [7, 11) is 0. The number of amides is 2. The Morgan fingerprint density at radius 1 is 1.30 bits per heavy atom. The summed E-state index contributed by atoms with van der Waals surface area (Å²) in [5, 5.41) is 13.7. The van der Waals surface area contributed by atoms with Crippen molar-refractivity contribution in [3.63, 3.8) is 0 Å². The molecule has 1 rings (SSSR count). The summed E-state index contributed by atoms with van der Waals surface area (Å²) in [5.41, 5.74) is -1.24. The molecule has 112 valence electrons. The summed E-state index contributed by atoms with van der Waals surface area (Å²) in [4.78, 5) is 11.7. The van der Waals surface area contributed by atoms with E-state index in [9.17, 15) is 18.0 Å². The number of hydrogen-bond donors (Lipinski definition) is 3. The lowest BCUT2D eigenvalue weighted by Gasteiger charge is -2.21. The van der Waals surface area contributed by atoms with Crippen LogP contribution in [0.4, 0.5) is 23.7 Å². The number of nitrogens with one attached hydrogen (secondary N) is 2. The Hall–Kier alpha value is -1.76. The number of para-hydroxylation sites is 1. The normalized spacial score (nSPS) is 13.2. The predicted molar refractivity (Wildman–Crippen MR) is 69.3 cm³/mol. The van der Waals surface area contributed by atoms with Gasteiger partial charge in [-0.15, -0.1) is 0 Å². The molecule has 0 bridgehead atoms. The Morgan fingerprint density at radius 3 is 2.40 bits per heavy atom. The molecule has 0 fully saturated rings. The predicted octanol–water partition coefficient (Wildman–Crippen LogP) is 2.84. The van der Waals surface area contributed by atoms with Gasteiger partial charge < -0.3 is 15.7 Å². The highest BCUT2D eigenvalue weighted by atomic mass is 19.4. The Bertz CT molecular complexity index is 461. The molecule has 0 aliphatic rings. The van der Waals surface area contributed by atoms with Crippen LogP contribution in [0.2, 0.25) is 0 Å². The number of aliphatic hydroxyl groups excluding tert-OH is 1. The van der Waals surface area contributed by atoms with Crippen molar-refractivity contribution in [2.45, 2.75) is 26.1 Å². The summed E-state index contributed by atoms with van der Waals surface area (Å²) in [6.07, 6.45) is -4.54. The molecule has 0 aliphatic carbocycles. The molecule has 0 saturated heterocycles. The summed E-state index contributed by atoms with van der Waals surface area (Å²) in [5.74, 6) is -0.0383. The minimum atomic E-state index is -4.54. The second-order valence-electron chi connectivity index (χ2n) is 4.67. The average Bonchev–Trinajstić information content (AvgIpc) is 2.35. The fraction of sp³-hybridized carbons (Fsp3) is 0.462. The highest BCUT2D eigenvalue weighted by molar-refractivity contribution is 5.90. The summed E-state index contributed by atoms with van der Waals surface area (Å²) < 4.78 is 38.2. The molecule has 1 unspecified atom stereocenters. The van der Waals surface area contributed by atoms with E-state index in [1.165, 1.54) is 18.2 Å². The van der Waals surface area contributed by atoms with Crippen molar-refractivity contribution < 1.29 is 23.1 Å². The van der Waals surface area contributed by atoms with Gasteiger partial charge in [-0.25, -0.2) is 4.79 Å². The molecule has 0 aromatic heterocycles. The van der Waals surface area contributed by atoms with Crippen molar-refractivity contribution in [1.29, 1.82) is 0 Å². The van der Waals surface area contributed by atoms with E-state index in [-0.39, 0.29) is 18.2 Å². The maximum absolute atomic E-state index is 12.7. The van der Waals surface area contributed by atoms with Crippen molar-refractivity contribution in [3.8, 4) is 0 Å². The van der Waals surface area contributed by atoms with Crippen LogP contribution in [0.25, 0.3) is 0 Å². The fourth-order valence-electron chi connectivity index (χ4n) is 1.59. The fourth-order valence-corrected chi connectivity index (χ4v) is 1.59. The number of aliphatic hydroxyl groups is 1. The molecule has 0 radical (unpaired) electrons. The number of carbonyl (C=O) groups is 1. The smallest absolute Gasteiger partial charge is 0.394 e.